The number of piperidine rings is 2. The van der Waals surface area contributed by atoms with Gasteiger partial charge in [0.05, 0.1) is 6.26 Å². The van der Waals surface area contributed by atoms with Crippen molar-refractivity contribution in [3.05, 3.63) is 29.3 Å². The first-order valence-electron chi connectivity index (χ1n) is 11.1. The van der Waals surface area contributed by atoms with Crippen LogP contribution in [0.4, 0.5) is 11.6 Å². The van der Waals surface area contributed by atoms with Crippen molar-refractivity contribution in [1.82, 2.24) is 29.4 Å². The number of nitrogens with one attached hydrogen (secondary N) is 2. The summed E-state index contributed by atoms with van der Waals surface area (Å²) in [7, 11) is -3.18. The van der Waals surface area contributed by atoms with Crippen molar-refractivity contribution in [3.8, 4) is 0 Å². The van der Waals surface area contributed by atoms with E-state index in [1.165, 1.54) is 10.6 Å². The molecule has 2 aliphatic rings. The van der Waals surface area contributed by atoms with E-state index in [4.69, 9.17) is 0 Å². The molecule has 0 atom stereocenters. The van der Waals surface area contributed by atoms with Gasteiger partial charge in [-0.1, -0.05) is 0 Å². The number of amides is 1. The van der Waals surface area contributed by atoms with Crippen LogP contribution in [0.3, 0.4) is 0 Å². The average molecular weight is 462 g/mol. The second kappa shape index (κ2) is 9.14. The van der Waals surface area contributed by atoms with Crippen molar-refractivity contribution in [2.75, 3.05) is 37.8 Å². The smallest absolute Gasteiger partial charge is 0.225 e. The number of aryl methyl sites for hydroxylation is 2. The minimum Gasteiger partial charge on any atom is -0.342 e. The summed E-state index contributed by atoms with van der Waals surface area (Å²) >= 11 is 0. The van der Waals surface area contributed by atoms with Crippen LogP contribution in [0.15, 0.2) is 12.1 Å². The Morgan fingerprint density at radius 2 is 1.72 bits per heavy atom. The van der Waals surface area contributed by atoms with Gasteiger partial charge in [0.15, 0.2) is 5.82 Å². The fourth-order valence-corrected chi connectivity index (χ4v) is 5.44. The molecule has 2 aromatic rings. The Kier molecular flexibility index (Phi) is 6.47. The zero-order chi connectivity index (χ0) is 22.9. The number of hydrogen-bond donors (Lipinski definition) is 2. The van der Waals surface area contributed by atoms with Gasteiger partial charge < -0.3 is 10.2 Å². The van der Waals surface area contributed by atoms with Gasteiger partial charge in [-0.3, -0.25) is 9.89 Å². The van der Waals surface area contributed by atoms with Crippen LogP contribution in [-0.2, 0) is 14.8 Å². The maximum atomic E-state index is 13.0. The Bertz CT molecular complexity index is 1070. The highest BCUT2D eigenvalue weighted by Gasteiger charge is 2.33. The Hall–Kier alpha value is -2.53. The van der Waals surface area contributed by atoms with Crippen LogP contribution >= 0.6 is 0 Å². The monoisotopic (exact) mass is 461 g/mol. The zero-order valence-corrected chi connectivity index (χ0v) is 19.7. The molecule has 2 fully saturated rings. The summed E-state index contributed by atoms with van der Waals surface area (Å²) in [5, 5.41) is 10.3. The molecule has 0 radical (unpaired) electrons. The van der Waals surface area contributed by atoms with Crippen LogP contribution < -0.4 is 5.32 Å². The summed E-state index contributed by atoms with van der Waals surface area (Å²) in [4.78, 5) is 24.0. The number of carbonyl (C=O) groups is 1. The van der Waals surface area contributed by atoms with Gasteiger partial charge in [0.2, 0.25) is 15.9 Å². The molecule has 2 aromatic heterocycles. The largest absolute Gasteiger partial charge is 0.342 e. The predicted octanol–water partition coefficient (Wildman–Crippen LogP) is 1.94. The number of rotatable bonds is 5. The quantitative estimate of drug-likeness (QED) is 0.697. The van der Waals surface area contributed by atoms with Gasteiger partial charge in [-0.25, -0.2) is 22.7 Å². The molecule has 10 nitrogen and oxygen atoms in total. The van der Waals surface area contributed by atoms with E-state index < -0.39 is 10.0 Å². The second-order valence-corrected chi connectivity index (χ2v) is 10.8. The van der Waals surface area contributed by atoms with E-state index in [0.29, 0.717) is 50.7 Å². The Morgan fingerprint density at radius 3 is 2.31 bits per heavy atom. The lowest BCUT2D eigenvalue weighted by molar-refractivity contribution is -0.137. The van der Waals surface area contributed by atoms with Crippen molar-refractivity contribution < 1.29 is 13.2 Å². The first-order chi connectivity index (χ1) is 15.2. The van der Waals surface area contributed by atoms with E-state index >= 15 is 0 Å². The molecule has 0 unspecified atom stereocenters. The SMILES string of the molecule is Cc1nc(Nc2cc(C)[nH]n2)cc(C2CCN(C(=O)C3CCN(S(C)(=O)=O)CC3)CC2)n1. The average Bonchev–Trinajstić information content (AvgIpc) is 3.17. The van der Waals surface area contributed by atoms with Crippen LogP contribution in [0.5, 0.6) is 0 Å². The number of aromatic nitrogens is 4. The molecule has 4 heterocycles. The van der Waals surface area contributed by atoms with Crippen LogP contribution in [-0.4, -0.2) is 76.1 Å². The molecule has 2 aliphatic heterocycles. The summed E-state index contributed by atoms with van der Waals surface area (Å²) in [6, 6.07) is 3.89. The number of hydrogen-bond acceptors (Lipinski definition) is 7. The van der Waals surface area contributed by atoms with E-state index in [2.05, 4.69) is 25.5 Å². The molecule has 174 valence electrons. The van der Waals surface area contributed by atoms with Gasteiger partial charge in [-0.05, 0) is 39.5 Å². The lowest BCUT2D eigenvalue weighted by Gasteiger charge is -2.36. The Labute approximate surface area is 188 Å². The van der Waals surface area contributed by atoms with Gasteiger partial charge in [-0.2, -0.15) is 5.10 Å². The molecule has 1 amide bonds. The van der Waals surface area contributed by atoms with Crippen LogP contribution in [0, 0.1) is 19.8 Å². The zero-order valence-electron chi connectivity index (χ0n) is 18.8. The topological polar surface area (TPSA) is 124 Å². The first kappa shape index (κ1) is 22.7. The molecule has 0 spiro atoms. The molecular weight excluding hydrogens is 430 g/mol. The van der Waals surface area contributed by atoms with Crippen molar-refractivity contribution in [1.29, 1.82) is 0 Å². The third kappa shape index (κ3) is 5.26. The molecule has 0 bridgehead atoms. The Balaban J connectivity index is 1.34. The molecule has 0 saturated carbocycles. The molecule has 4 rings (SSSR count). The number of aromatic amines is 1. The minimum absolute atomic E-state index is 0.0843. The Morgan fingerprint density at radius 1 is 1.03 bits per heavy atom. The lowest BCUT2D eigenvalue weighted by Crippen LogP contribution is -2.46. The van der Waals surface area contributed by atoms with E-state index in [0.717, 1.165) is 30.0 Å². The lowest BCUT2D eigenvalue weighted by atomic mass is 9.90. The highest BCUT2D eigenvalue weighted by atomic mass is 32.2. The van der Waals surface area contributed by atoms with E-state index in [-0.39, 0.29) is 17.7 Å². The highest BCUT2D eigenvalue weighted by molar-refractivity contribution is 7.88. The third-order valence-electron chi connectivity index (χ3n) is 6.32. The standard InChI is InChI=1S/C21H31N7O3S/c1-14-12-20(26-25-14)24-19-13-18(22-15(2)23-19)16-4-8-27(9-5-16)21(29)17-6-10-28(11-7-17)32(3,30)31/h12-13,16-17H,4-11H2,1-3H3,(H2,22,23,24,25,26). The van der Waals surface area contributed by atoms with E-state index in [9.17, 15) is 13.2 Å². The summed E-state index contributed by atoms with van der Waals surface area (Å²) in [5.74, 6) is 2.48. The number of H-pyrrole nitrogens is 1. The van der Waals surface area contributed by atoms with E-state index in [1.54, 1.807) is 0 Å². The minimum atomic E-state index is -3.18. The summed E-state index contributed by atoms with van der Waals surface area (Å²) < 4.78 is 24.9. The van der Waals surface area contributed by atoms with Crippen LogP contribution in [0.1, 0.15) is 48.8 Å². The van der Waals surface area contributed by atoms with Crippen molar-refractivity contribution in [2.24, 2.45) is 5.92 Å². The molecule has 0 aliphatic carbocycles. The van der Waals surface area contributed by atoms with Crippen molar-refractivity contribution in [3.63, 3.8) is 0 Å². The fourth-order valence-electron chi connectivity index (χ4n) is 4.57. The molecule has 2 saturated heterocycles. The fraction of sp³-hybridized carbons (Fsp3) is 0.619. The number of carbonyl (C=O) groups excluding carboxylic acids is 1. The van der Waals surface area contributed by atoms with Gasteiger partial charge in [-0.15, -0.1) is 0 Å². The third-order valence-corrected chi connectivity index (χ3v) is 7.62. The number of anilines is 2. The molecular formula is C21H31N7O3S. The van der Waals surface area contributed by atoms with Crippen molar-refractivity contribution in [2.45, 2.75) is 45.4 Å². The summed E-state index contributed by atoms with van der Waals surface area (Å²) in [6.45, 7) is 6.07. The summed E-state index contributed by atoms with van der Waals surface area (Å²) in [6.07, 6.45) is 4.12. The maximum absolute atomic E-state index is 13.0. The second-order valence-electron chi connectivity index (χ2n) is 8.82. The molecule has 2 N–H and O–H groups in total. The van der Waals surface area contributed by atoms with Gasteiger partial charge in [0, 0.05) is 61.5 Å². The highest BCUT2D eigenvalue weighted by Crippen LogP contribution is 2.30. The van der Waals surface area contributed by atoms with Crippen LogP contribution in [0.25, 0.3) is 0 Å². The van der Waals surface area contributed by atoms with Gasteiger partial charge in [0.25, 0.3) is 0 Å². The van der Waals surface area contributed by atoms with Gasteiger partial charge in [0.1, 0.15) is 11.6 Å². The van der Waals surface area contributed by atoms with Crippen molar-refractivity contribution >= 4 is 27.6 Å². The maximum Gasteiger partial charge on any atom is 0.225 e. The number of sulfonamides is 1. The van der Waals surface area contributed by atoms with Gasteiger partial charge >= 0.3 is 0 Å². The van der Waals surface area contributed by atoms with E-state index in [1.807, 2.05) is 30.9 Å². The molecule has 0 aromatic carbocycles. The molecule has 11 heteroatoms. The number of likely N-dealkylation sites (tertiary alicyclic amines) is 1. The first-order valence-corrected chi connectivity index (χ1v) is 12.9. The predicted molar refractivity (Wildman–Crippen MR) is 121 cm³/mol. The number of nitrogens with zero attached hydrogens (tertiary/aromatic N) is 5. The van der Waals surface area contributed by atoms with Crippen LogP contribution in [0.2, 0.25) is 0 Å². The normalized spacial score (nSPS) is 19.3. The summed E-state index contributed by atoms with van der Waals surface area (Å²) in [5.41, 5.74) is 1.96. The molecule has 32 heavy (non-hydrogen) atoms.